The number of amides is 3. The van der Waals surface area contributed by atoms with Gasteiger partial charge in [-0.3, -0.25) is 9.69 Å². The summed E-state index contributed by atoms with van der Waals surface area (Å²) in [7, 11) is -1.49. The molecule has 0 bridgehead atoms. The fourth-order valence-corrected chi connectivity index (χ4v) is 3.35. The number of nitrogens with zero attached hydrogens (tertiary/aromatic N) is 1. The van der Waals surface area contributed by atoms with Crippen molar-refractivity contribution in [2.45, 2.75) is 17.9 Å². The zero-order valence-electron chi connectivity index (χ0n) is 12.9. The molecule has 11 heteroatoms. The Labute approximate surface area is 148 Å². The average molecular weight is 368 g/mol. The second-order valence-corrected chi connectivity index (χ2v) is 6.17. The van der Waals surface area contributed by atoms with E-state index in [-0.39, 0.29) is 30.1 Å². The highest BCUT2D eigenvalue weighted by atomic mass is 35.5. The van der Waals surface area contributed by atoms with Crippen LogP contribution in [0.4, 0.5) is 4.79 Å². The van der Waals surface area contributed by atoms with Crippen molar-refractivity contribution in [3.05, 3.63) is 29.3 Å². The predicted octanol–water partition coefficient (Wildman–Crippen LogP) is -0.976. The largest absolute Gasteiger partial charge is 0.547 e. The summed E-state index contributed by atoms with van der Waals surface area (Å²) in [6.45, 7) is 0.689. The minimum atomic E-state index is -1.49. The van der Waals surface area contributed by atoms with Gasteiger partial charge in [0.2, 0.25) is 0 Å². The van der Waals surface area contributed by atoms with Gasteiger partial charge in [-0.15, -0.1) is 12.4 Å². The topological polar surface area (TPSA) is 128 Å². The molecule has 0 saturated carbocycles. The maximum absolute atomic E-state index is 12.6. The fraction of sp³-hybridized carbons (Fsp3) is 0.357. The Morgan fingerprint density at radius 3 is 2.64 bits per heavy atom. The monoisotopic (exact) mass is 367 g/mol. The van der Waals surface area contributed by atoms with Crippen molar-refractivity contribution in [2.24, 2.45) is 0 Å². The van der Waals surface area contributed by atoms with Gasteiger partial charge in [-0.2, -0.15) is 0 Å². The van der Waals surface area contributed by atoms with Gasteiger partial charge in [0.25, 0.3) is 5.91 Å². The zero-order valence-corrected chi connectivity index (χ0v) is 13.7. The molecule has 4 rings (SSSR count). The highest BCUT2D eigenvalue weighted by molar-refractivity contribution is 6.47. The molecular weight excluding hydrogens is 352 g/mol. The molecule has 4 N–H and O–H groups in total. The maximum atomic E-state index is 12.6. The number of carboxylic acids is 1. The number of urea groups is 1. The number of para-hydroxylation sites is 1. The van der Waals surface area contributed by atoms with Crippen LogP contribution in [0.25, 0.3) is 0 Å². The van der Waals surface area contributed by atoms with Gasteiger partial charge >= 0.3 is 19.1 Å². The minimum Gasteiger partial charge on any atom is -0.534 e. The lowest BCUT2D eigenvalue weighted by atomic mass is 9.71. The minimum absolute atomic E-state index is 0. The third kappa shape index (κ3) is 2.45. The molecule has 25 heavy (non-hydrogen) atoms. The smallest absolute Gasteiger partial charge is 0.534 e. The summed E-state index contributed by atoms with van der Waals surface area (Å²) in [5, 5.41) is 25.1. The Kier molecular flexibility index (Phi) is 4.14. The summed E-state index contributed by atoms with van der Waals surface area (Å²) >= 11 is 0. The standard InChI is InChI=1S/C14H14BN3O6.ClH/c19-11(20)8-3-1-2-7-4-9(15(23)24-10(7)8)18-12(21)14(5-16-6-14)17-13(18)22;/h1-3,9,16,23H,4-6H2,(H,17,22)(H,19,20);1H/t9-;/m0./s1. The molecule has 0 unspecified atom stereocenters. The van der Waals surface area contributed by atoms with Gasteiger partial charge in [0, 0.05) is 13.1 Å². The van der Waals surface area contributed by atoms with E-state index in [1.165, 1.54) is 6.07 Å². The molecule has 3 amide bonds. The molecule has 3 heterocycles. The Bertz CT molecular complexity index is 771. The molecule has 1 aromatic rings. The fourth-order valence-electron chi connectivity index (χ4n) is 3.35. The van der Waals surface area contributed by atoms with Crippen molar-refractivity contribution in [3.8, 4) is 5.75 Å². The van der Waals surface area contributed by atoms with E-state index in [4.69, 9.17) is 4.65 Å². The molecule has 3 aliphatic heterocycles. The van der Waals surface area contributed by atoms with Crippen LogP contribution >= 0.6 is 12.4 Å². The Hall–Kier alpha value is -2.30. The molecule has 0 aliphatic carbocycles. The van der Waals surface area contributed by atoms with Crippen molar-refractivity contribution in [1.29, 1.82) is 0 Å². The number of aromatic carboxylic acids is 1. The van der Waals surface area contributed by atoms with E-state index in [9.17, 15) is 24.5 Å². The molecule has 2 saturated heterocycles. The van der Waals surface area contributed by atoms with Crippen molar-refractivity contribution in [2.75, 3.05) is 13.1 Å². The van der Waals surface area contributed by atoms with Gasteiger partial charge < -0.3 is 25.4 Å². The van der Waals surface area contributed by atoms with Crippen LogP contribution in [0.5, 0.6) is 5.75 Å². The summed E-state index contributed by atoms with van der Waals surface area (Å²) in [5.74, 6) is -2.42. The summed E-state index contributed by atoms with van der Waals surface area (Å²) in [6, 6.07) is 4.01. The van der Waals surface area contributed by atoms with Crippen molar-refractivity contribution >= 4 is 37.4 Å². The molecule has 132 valence electrons. The van der Waals surface area contributed by atoms with Gasteiger partial charge in [-0.25, -0.2) is 9.59 Å². The number of carbonyl (C=O) groups is 3. The average Bonchev–Trinajstić information content (AvgIpc) is 2.77. The van der Waals surface area contributed by atoms with Gasteiger partial charge in [-0.05, 0) is 18.1 Å². The van der Waals surface area contributed by atoms with Gasteiger partial charge in [0.15, 0.2) is 0 Å². The maximum Gasteiger partial charge on any atom is 0.547 e. The van der Waals surface area contributed by atoms with Gasteiger partial charge in [-0.1, -0.05) is 12.1 Å². The number of carbonyl (C=O) groups excluding carboxylic acids is 2. The van der Waals surface area contributed by atoms with Crippen LogP contribution in [0.1, 0.15) is 15.9 Å². The number of hydrogen-bond acceptors (Lipinski definition) is 6. The van der Waals surface area contributed by atoms with Crippen LogP contribution in [0, 0.1) is 0 Å². The van der Waals surface area contributed by atoms with Crippen LogP contribution in [-0.2, 0) is 11.2 Å². The quantitative estimate of drug-likeness (QED) is 0.391. The molecular formula is C14H15BClN3O6. The third-order valence-electron chi connectivity index (χ3n) is 4.70. The van der Waals surface area contributed by atoms with Crippen LogP contribution < -0.4 is 15.3 Å². The van der Waals surface area contributed by atoms with E-state index in [1.807, 2.05) is 0 Å². The van der Waals surface area contributed by atoms with Crippen LogP contribution in [0.2, 0.25) is 0 Å². The van der Waals surface area contributed by atoms with Gasteiger partial charge in [0.1, 0.15) is 11.3 Å². The van der Waals surface area contributed by atoms with Crippen LogP contribution in [-0.4, -0.2) is 64.6 Å². The number of rotatable bonds is 2. The summed E-state index contributed by atoms with van der Waals surface area (Å²) < 4.78 is 5.35. The number of carboxylic acid groups (broad SMARTS) is 1. The summed E-state index contributed by atoms with van der Waals surface area (Å²) in [4.78, 5) is 37.1. The lowest BCUT2D eigenvalue weighted by Crippen LogP contribution is -2.69. The second-order valence-electron chi connectivity index (χ2n) is 6.17. The first-order chi connectivity index (χ1) is 11.4. The lowest BCUT2D eigenvalue weighted by Gasteiger charge is -2.37. The zero-order chi connectivity index (χ0) is 17.1. The van der Waals surface area contributed by atoms with E-state index in [1.54, 1.807) is 12.1 Å². The third-order valence-corrected chi connectivity index (χ3v) is 4.70. The number of nitrogens with one attached hydrogen (secondary N) is 2. The normalized spacial score (nSPS) is 23.3. The molecule has 0 radical (unpaired) electrons. The van der Waals surface area contributed by atoms with E-state index in [0.29, 0.717) is 18.7 Å². The summed E-state index contributed by atoms with van der Waals surface area (Å²) in [5.41, 5.74) is -0.486. The molecule has 1 spiro atoms. The Morgan fingerprint density at radius 1 is 1.36 bits per heavy atom. The Morgan fingerprint density at radius 2 is 2.08 bits per heavy atom. The van der Waals surface area contributed by atoms with E-state index >= 15 is 0 Å². The van der Waals surface area contributed by atoms with E-state index < -0.39 is 36.5 Å². The molecule has 0 aromatic heterocycles. The molecule has 1 atom stereocenters. The number of hydrogen-bond donors (Lipinski definition) is 4. The Balaban J connectivity index is 0.00000182. The number of imide groups is 1. The van der Waals surface area contributed by atoms with Crippen molar-refractivity contribution in [3.63, 3.8) is 0 Å². The highest BCUT2D eigenvalue weighted by Crippen LogP contribution is 2.34. The van der Waals surface area contributed by atoms with Crippen LogP contribution in [0.15, 0.2) is 18.2 Å². The van der Waals surface area contributed by atoms with E-state index in [0.717, 1.165) is 4.90 Å². The van der Waals surface area contributed by atoms with Crippen molar-refractivity contribution in [1.82, 2.24) is 15.5 Å². The molecule has 9 nitrogen and oxygen atoms in total. The van der Waals surface area contributed by atoms with Crippen LogP contribution in [0.3, 0.4) is 0 Å². The summed E-state index contributed by atoms with van der Waals surface area (Å²) in [6.07, 6.45) is 0.125. The van der Waals surface area contributed by atoms with E-state index in [2.05, 4.69) is 10.6 Å². The first-order valence-electron chi connectivity index (χ1n) is 7.49. The van der Waals surface area contributed by atoms with Gasteiger partial charge in [0.05, 0.1) is 11.5 Å². The first-order valence-corrected chi connectivity index (χ1v) is 7.49. The molecule has 1 aromatic carbocycles. The molecule has 3 aliphatic rings. The SMILES string of the molecule is Cl.O=C(O)c1cccc2c1OB(O)[C@@H](N1C(=O)NC3(CNC3)C1=O)C2. The number of fused-ring (bicyclic) bond motifs is 1. The first kappa shape index (κ1) is 17.5. The second kappa shape index (κ2) is 5.90. The predicted molar refractivity (Wildman–Crippen MR) is 87.7 cm³/mol. The molecule has 2 fully saturated rings. The highest BCUT2D eigenvalue weighted by Gasteiger charge is 2.59. The number of halogens is 1. The number of benzene rings is 1. The van der Waals surface area contributed by atoms with Crippen molar-refractivity contribution < 1.29 is 29.2 Å². The lowest BCUT2D eigenvalue weighted by molar-refractivity contribution is -0.133.